The molecule has 2 fully saturated rings. The smallest absolute Gasteiger partial charge is 0.214 e. The molecule has 0 bridgehead atoms. The molecule has 0 radical (unpaired) electrons. The molecule has 1 N–H and O–H groups in total. The minimum Gasteiger partial charge on any atom is -0.396 e. The van der Waals surface area contributed by atoms with Crippen molar-refractivity contribution in [3.05, 3.63) is 0 Å². The van der Waals surface area contributed by atoms with Gasteiger partial charge in [-0.25, -0.2) is 12.7 Å². The van der Waals surface area contributed by atoms with Crippen LogP contribution in [0.5, 0.6) is 0 Å². The van der Waals surface area contributed by atoms with Crippen LogP contribution < -0.4 is 0 Å². The molecular weight excluding hydrogens is 202 g/mol. The third-order valence-electron chi connectivity index (χ3n) is 3.31. The molecule has 82 valence electrons. The molecule has 4 nitrogen and oxygen atoms in total. The summed E-state index contributed by atoms with van der Waals surface area (Å²) in [7, 11) is -2.95. The molecule has 0 aromatic carbocycles. The van der Waals surface area contributed by atoms with Crippen molar-refractivity contribution in [2.45, 2.75) is 25.7 Å². The molecule has 0 atom stereocenters. The van der Waals surface area contributed by atoms with Crippen LogP contribution in [-0.4, -0.2) is 43.3 Å². The minimum absolute atomic E-state index is 0.117. The predicted octanol–water partition coefficient (Wildman–Crippen LogP) is 0.184. The van der Waals surface area contributed by atoms with E-state index >= 15 is 0 Å². The first kappa shape index (κ1) is 10.4. The first-order valence-electron chi connectivity index (χ1n) is 5.17. The Kier molecular flexibility index (Phi) is 2.57. The van der Waals surface area contributed by atoms with Gasteiger partial charge in [-0.05, 0) is 31.1 Å². The summed E-state index contributed by atoms with van der Waals surface area (Å²) in [5.41, 5.74) is 0.117. The van der Waals surface area contributed by atoms with Gasteiger partial charge in [-0.2, -0.15) is 0 Å². The van der Waals surface area contributed by atoms with Crippen LogP contribution >= 0.6 is 0 Å². The van der Waals surface area contributed by atoms with E-state index in [4.69, 9.17) is 5.11 Å². The molecule has 0 aromatic heterocycles. The molecule has 0 spiro atoms. The summed E-state index contributed by atoms with van der Waals surface area (Å²) in [6, 6.07) is 0. The van der Waals surface area contributed by atoms with Crippen molar-refractivity contribution in [1.29, 1.82) is 0 Å². The highest BCUT2D eigenvalue weighted by Crippen LogP contribution is 2.49. The highest BCUT2D eigenvalue weighted by molar-refractivity contribution is 7.89. The Bertz CT molecular complexity index is 308. The van der Waals surface area contributed by atoms with Gasteiger partial charge < -0.3 is 5.11 Å². The maximum Gasteiger partial charge on any atom is 0.214 e. The molecule has 0 amide bonds. The summed E-state index contributed by atoms with van der Waals surface area (Å²) in [6.45, 7) is 1.49. The Morgan fingerprint density at radius 1 is 1.36 bits per heavy atom. The van der Waals surface area contributed by atoms with Gasteiger partial charge >= 0.3 is 0 Å². The Labute approximate surface area is 85.0 Å². The summed E-state index contributed by atoms with van der Waals surface area (Å²) in [6.07, 6.45) is 3.65. The van der Waals surface area contributed by atoms with Crippen molar-refractivity contribution >= 4 is 10.0 Å². The molecule has 1 saturated heterocycles. The highest BCUT2D eigenvalue weighted by atomic mass is 32.2. The Morgan fingerprint density at radius 2 is 2.07 bits per heavy atom. The van der Waals surface area contributed by atoms with Gasteiger partial charge in [-0.3, -0.25) is 0 Å². The number of rotatable bonds is 4. The van der Waals surface area contributed by atoms with Gasteiger partial charge in [-0.15, -0.1) is 0 Å². The summed E-state index contributed by atoms with van der Waals surface area (Å²) in [5, 5.41) is 8.88. The van der Waals surface area contributed by atoms with Gasteiger partial charge in [0.15, 0.2) is 0 Å². The van der Waals surface area contributed by atoms with Crippen molar-refractivity contribution in [3.63, 3.8) is 0 Å². The van der Waals surface area contributed by atoms with Crippen LogP contribution in [0, 0.1) is 5.41 Å². The van der Waals surface area contributed by atoms with Gasteiger partial charge in [0.05, 0.1) is 5.75 Å². The molecule has 1 heterocycles. The fourth-order valence-electron chi connectivity index (χ4n) is 2.14. The second-order valence-electron chi connectivity index (χ2n) is 4.48. The monoisotopic (exact) mass is 219 g/mol. The van der Waals surface area contributed by atoms with Gasteiger partial charge in [0, 0.05) is 19.7 Å². The number of hydrogen-bond acceptors (Lipinski definition) is 3. The van der Waals surface area contributed by atoms with Crippen molar-refractivity contribution < 1.29 is 13.5 Å². The standard InChI is InChI=1S/C9H17NO3S/c11-6-4-9(2-3-9)8-10-5-1-7-14(10,12)13/h11H,1-8H2. The minimum atomic E-state index is -2.95. The van der Waals surface area contributed by atoms with Crippen molar-refractivity contribution in [2.75, 3.05) is 25.4 Å². The summed E-state index contributed by atoms with van der Waals surface area (Å²) >= 11 is 0. The lowest BCUT2D eigenvalue weighted by Crippen LogP contribution is -2.32. The Balaban J connectivity index is 1.98. The molecule has 1 aliphatic carbocycles. The third kappa shape index (κ3) is 1.94. The van der Waals surface area contributed by atoms with E-state index in [0.29, 0.717) is 18.8 Å². The zero-order chi connectivity index (χ0) is 10.2. The molecule has 2 aliphatic rings. The Hall–Kier alpha value is -0.130. The maximum atomic E-state index is 11.5. The number of sulfonamides is 1. The van der Waals surface area contributed by atoms with Crippen LogP contribution in [0.1, 0.15) is 25.7 Å². The van der Waals surface area contributed by atoms with Crippen molar-refractivity contribution in [1.82, 2.24) is 4.31 Å². The number of nitrogens with zero attached hydrogens (tertiary/aromatic N) is 1. The van der Waals surface area contributed by atoms with Gasteiger partial charge in [0.25, 0.3) is 0 Å². The predicted molar refractivity (Wildman–Crippen MR) is 53.3 cm³/mol. The summed E-state index contributed by atoms with van der Waals surface area (Å²) < 4.78 is 24.7. The highest BCUT2D eigenvalue weighted by Gasteiger charge is 2.46. The van der Waals surface area contributed by atoms with E-state index in [9.17, 15) is 8.42 Å². The molecule has 0 aromatic rings. The quantitative estimate of drug-likeness (QED) is 0.734. The van der Waals surface area contributed by atoms with E-state index in [1.807, 2.05) is 0 Å². The number of aliphatic hydroxyl groups is 1. The fourth-order valence-corrected chi connectivity index (χ4v) is 3.77. The van der Waals surface area contributed by atoms with E-state index in [-0.39, 0.29) is 12.0 Å². The van der Waals surface area contributed by atoms with Gasteiger partial charge in [0.2, 0.25) is 10.0 Å². The fraction of sp³-hybridized carbons (Fsp3) is 1.00. The van der Waals surface area contributed by atoms with E-state index in [1.165, 1.54) is 0 Å². The van der Waals surface area contributed by atoms with Crippen LogP contribution in [-0.2, 0) is 10.0 Å². The first-order chi connectivity index (χ1) is 6.58. The van der Waals surface area contributed by atoms with E-state index in [2.05, 4.69) is 0 Å². The second kappa shape index (κ2) is 3.47. The van der Waals surface area contributed by atoms with Gasteiger partial charge in [-0.1, -0.05) is 0 Å². The zero-order valence-corrected chi connectivity index (χ0v) is 9.09. The van der Waals surface area contributed by atoms with Crippen LogP contribution in [0.4, 0.5) is 0 Å². The van der Waals surface area contributed by atoms with E-state index in [1.54, 1.807) is 4.31 Å². The van der Waals surface area contributed by atoms with Crippen molar-refractivity contribution in [3.8, 4) is 0 Å². The molecule has 0 unspecified atom stereocenters. The molecular formula is C9H17NO3S. The normalized spacial score (nSPS) is 29.2. The number of hydrogen-bond donors (Lipinski definition) is 1. The molecule has 14 heavy (non-hydrogen) atoms. The van der Waals surface area contributed by atoms with Crippen LogP contribution in [0.2, 0.25) is 0 Å². The van der Waals surface area contributed by atoms with E-state index < -0.39 is 10.0 Å². The average molecular weight is 219 g/mol. The molecule has 1 saturated carbocycles. The first-order valence-corrected chi connectivity index (χ1v) is 6.78. The second-order valence-corrected chi connectivity index (χ2v) is 6.57. The zero-order valence-electron chi connectivity index (χ0n) is 8.28. The summed E-state index contributed by atoms with van der Waals surface area (Å²) in [4.78, 5) is 0. The van der Waals surface area contributed by atoms with Crippen molar-refractivity contribution in [2.24, 2.45) is 5.41 Å². The Morgan fingerprint density at radius 3 is 2.50 bits per heavy atom. The lowest BCUT2D eigenvalue weighted by atomic mass is 10.0. The average Bonchev–Trinajstić information content (AvgIpc) is 2.76. The van der Waals surface area contributed by atoms with Crippen LogP contribution in [0.3, 0.4) is 0 Å². The largest absolute Gasteiger partial charge is 0.396 e. The SMILES string of the molecule is O=S1(=O)CCCN1CC1(CCO)CC1. The van der Waals surface area contributed by atoms with Gasteiger partial charge in [0.1, 0.15) is 0 Å². The van der Waals surface area contributed by atoms with Crippen LogP contribution in [0.15, 0.2) is 0 Å². The topological polar surface area (TPSA) is 57.6 Å². The molecule has 5 heteroatoms. The number of aliphatic hydroxyl groups excluding tert-OH is 1. The molecule has 1 aliphatic heterocycles. The lowest BCUT2D eigenvalue weighted by molar-refractivity contribution is 0.228. The maximum absolute atomic E-state index is 11.5. The third-order valence-corrected chi connectivity index (χ3v) is 5.22. The van der Waals surface area contributed by atoms with E-state index in [0.717, 1.165) is 25.7 Å². The molecule has 2 rings (SSSR count). The summed E-state index contributed by atoms with van der Waals surface area (Å²) in [5.74, 6) is 0.308. The van der Waals surface area contributed by atoms with Crippen LogP contribution in [0.25, 0.3) is 0 Å². The lowest BCUT2D eigenvalue weighted by Gasteiger charge is -2.21.